The van der Waals surface area contributed by atoms with Crippen molar-refractivity contribution < 1.29 is 4.92 Å². The highest BCUT2D eigenvalue weighted by molar-refractivity contribution is 5.45. The maximum absolute atomic E-state index is 10.8. The fourth-order valence-corrected chi connectivity index (χ4v) is 0.742. The van der Waals surface area contributed by atoms with Crippen molar-refractivity contribution in [3.05, 3.63) is 38.3 Å². The average Bonchev–Trinajstić information content (AvgIpc) is 2.03. The molecule has 0 unspecified atom stereocenters. The number of aromatic amines is 1. The molecule has 0 aliphatic rings. The van der Waals surface area contributed by atoms with Crippen LogP contribution in [-0.2, 0) is 0 Å². The highest BCUT2D eigenvalue weighted by atomic mass is 16.6. The number of nitriles is 1. The summed E-state index contributed by atoms with van der Waals surface area (Å²) in [7, 11) is 0. The van der Waals surface area contributed by atoms with Gasteiger partial charge >= 0.3 is 11.2 Å². The Kier molecular flexibility index (Phi) is 1.88. The van der Waals surface area contributed by atoms with E-state index in [0.29, 0.717) is 0 Å². The monoisotopic (exact) mass is 165 g/mol. The van der Waals surface area contributed by atoms with Gasteiger partial charge in [-0.3, -0.25) is 14.9 Å². The molecule has 6 heteroatoms. The highest BCUT2D eigenvalue weighted by Crippen LogP contribution is 2.08. The van der Waals surface area contributed by atoms with Gasteiger partial charge in [-0.1, -0.05) is 0 Å². The first kappa shape index (κ1) is 7.94. The van der Waals surface area contributed by atoms with E-state index in [1.54, 1.807) is 6.07 Å². The second-order valence-corrected chi connectivity index (χ2v) is 1.94. The molecule has 1 heterocycles. The highest BCUT2D eigenvalue weighted by Gasteiger charge is 2.17. The van der Waals surface area contributed by atoms with E-state index in [1.807, 2.05) is 0 Å². The van der Waals surface area contributed by atoms with Crippen LogP contribution in [-0.4, -0.2) is 9.91 Å². The van der Waals surface area contributed by atoms with Gasteiger partial charge in [-0.25, -0.2) is 0 Å². The maximum atomic E-state index is 10.8. The summed E-state index contributed by atoms with van der Waals surface area (Å²) in [6, 6.07) is 2.74. The molecule has 0 saturated heterocycles. The Bertz CT molecular complexity index is 415. The first-order valence-corrected chi connectivity index (χ1v) is 2.93. The molecule has 12 heavy (non-hydrogen) atoms. The SMILES string of the molecule is N#Cc1cc[nH]c(=O)c1[N+](=O)[O-]. The zero-order valence-corrected chi connectivity index (χ0v) is 5.77. The minimum absolute atomic E-state index is 0.233. The van der Waals surface area contributed by atoms with Crippen molar-refractivity contribution >= 4 is 5.69 Å². The lowest BCUT2D eigenvalue weighted by Crippen LogP contribution is -2.12. The second-order valence-electron chi connectivity index (χ2n) is 1.94. The van der Waals surface area contributed by atoms with Crippen molar-refractivity contribution in [3.63, 3.8) is 0 Å². The van der Waals surface area contributed by atoms with Crippen LogP contribution in [0.2, 0.25) is 0 Å². The predicted molar refractivity (Wildman–Crippen MR) is 38.4 cm³/mol. The Balaban J connectivity index is 3.54. The van der Waals surface area contributed by atoms with Gasteiger partial charge in [0.1, 0.15) is 11.6 Å². The fourth-order valence-electron chi connectivity index (χ4n) is 0.742. The normalized spacial score (nSPS) is 8.92. The smallest absolute Gasteiger partial charge is 0.323 e. The molecule has 0 amide bonds. The van der Waals surface area contributed by atoms with Crippen molar-refractivity contribution in [1.29, 1.82) is 5.26 Å². The summed E-state index contributed by atoms with van der Waals surface area (Å²) in [5.41, 5.74) is -1.80. The largest absolute Gasteiger partial charge is 0.351 e. The van der Waals surface area contributed by atoms with Crippen molar-refractivity contribution in [2.45, 2.75) is 0 Å². The van der Waals surface area contributed by atoms with Crippen LogP contribution < -0.4 is 5.56 Å². The second kappa shape index (κ2) is 2.84. The Morgan fingerprint density at radius 3 is 2.75 bits per heavy atom. The number of aromatic nitrogens is 1. The van der Waals surface area contributed by atoms with Gasteiger partial charge in [0, 0.05) is 6.20 Å². The topological polar surface area (TPSA) is 99.8 Å². The van der Waals surface area contributed by atoms with Crippen molar-refractivity contribution in [1.82, 2.24) is 4.98 Å². The summed E-state index contributed by atoms with van der Waals surface area (Å²) in [4.78, 5) is 22.3. The van der Waals surface area contributed by atoms with E-state index in [0.717, 1.165) is 0 Å². The van der Waals surface area contributed by atoms with E-state index in [4.69, 9.17) is 5.26 Å². The molecule has 1 rings (SSSR count). The third-order valence-electron chi connectivity index (χ3n) is 1.24. The van der Waals surface area contributed by atoms with E-state index < -0.39 is 16.2 Å². The first-order valence-electron chi connectivity index (χ1n) is 2.93. The molecule has 0 bridgehead atoms. The summed E-state index contributed by atoms with van der Waals surface area (Å²) in [6.45, 7) is 0. The maximum Gasteiger partial charge on any atom is 0.351 e. The number of hydrogen-bond donors (Lipinski definition) is 1. The van der Waals surface area contributed by atoms with Gasteiger partial charge in [-0.05, 0) is 6.07 Å². The van der Waals surface area contributed by atoms with Gasteiger partial charge in [0.25, 0.3) is 0 Å². The van der Waals surface area contributed by atoms with Crippen LogP contribution >= 0.6 is 0 Å². The molecular formula is C6H3N3O3. The predicted octanol–water partition coefficient (Wildman–Crippen LogP) is 0.155. The lowest BCUT2D eigenvalue weighted by molar-refractivity contribution is -0.386. The van der Waals surface area contributed by atoms with Gasteiger partial charge in [-0.2, -0.15) is 5.26 Å². The summed E-state index contributed by atoms with van der Waals surface area (Å²) in [5.74, 6) is 0. The minimum atomic E-state index is -0.878. The standard InChI is InChI=1S/C6H3N3O3/c7-3-4-1-2-8-6(10)5(4)9(11)12/h1-2H,(H,8,10). The van der Waals surface area contributed by atoms with E-state index in [9.17, 15) is 14.9 Å². The van der Waals surface area contributed by atoms with Crippen LogP contribution in [0.4, 0.5) is 5.69 Å². The van der Waals surface area contributed by atoms with Crippen LogP contribution in [0, 0.1) is 21.4 Å². The summed E-state index contributed by atoms with van der Waals surface area (Å²) in [5, 5.41) is 18.6. The van der Waals surface area contributed by atoms with Gasteiger partial charge in [-0.15, -0.1) is 0 Å². The molecule has 0 aliphatic heterocycles. The summed E-state index contributed by atoms with van der Waals surface area (Å²) < 4.78 is 0. The van der Waals surface area contributed by atoms with Gasteiger partial charge in [0.15, 0.2) is 0 Å². The average molecular weight is 165 g/mol. The molecule has 0 saturated carbocycles. The fraction of sp³-hybridized carbons (Fsp3) is 0. The lowest BCUT2D eigenvalue weighted by Gasteiger charge is -1.90. The van der Waals surface area contributed by atoms with E-state index in [-0.39, 0.29) is 5.56 Å². The summed E-state index contributed by atoms with van der Waals surface area (Å²) in [6.07, 6.45) is 1.19. The zero-order chi connectivity index (χ0) is 9.14. The van der Waals surface area contributed by atoms with E-state index in [2.05, 4.69) is 4.98 Å². The van der Waals surface area contributed by atoms with Crippen LogP contribution in [0.25, 0.3) is 0 Å². The molecular weight excluding hydrogens is 162 g/mol. The van der Waals surface area contributed by atoms with Gasteiger partial charge in [0.05, 0.1) is 4.92 Å². The lowest BCUT2D eigenvalue weighted by atomic mass is 10.2. The Morgan fingerprint density at radius 2 is 2.33 bits per heavy atom. The molecule has 1 aromatic heterocycles. The number of nitro groups is 1. The Labute approximate surface area is 66.2 Å². The van der Waals surface area contributed by atoms with Crippen molar-refractivity contribution in [2.24, 2.45) is 0 Å². The van der Waals surface area contributed by atoms with Crippen LogP contribution in [0.15, 0.2) is 17.1 Å². The number of rotatable bonds is 1. The number of nitrogens with one attached hydrogen (secondary N) is 1. The molecule has 60 valence electrons. The minimum Gasteiger partial charge on any atom is -0.323 e. The first-order chi connectivity index (χ1) is 5.66. The number of H-pyrrole nitrogens is 1. The zero-order valence-electron chi connectivity index (χ0n) is 5.77. The number of pyridine rings is 1. The molecule has 0 atom stereocenters. The molecule has 1 N–H and O–H groups in total. The molecule has 0 fully saturated rings. The van der Waals surface area contributed by atoms with Gasteiger partial charge in [0.2, 0.25) is 0 Å². The summed E-state index contributed by atoms with van der Waals surface area (Å²) >= 11 is 0. The number of nitrogens with zero attached hydrogens (tertiary/aromatic N) is 2. The van der Waals surface area contributed by atoms with Crippen molar-refractivity contribution in [2.75, 3.05) is 0 Å². The Morgan fingerprint density at radius 1 is 1.67 bits per heavy atom. The molecule has 0 aliphatic carbocycles. The van der Waals surface area contributed by atoms with E-state index in [1.165, 1.54) is 12.3 Å². The molecule has 6 nitrogen and oxygen atoms in total. The van der Waals surface area contributed by atoms with Crippen molar-refractivity contribution in [3.8, 4) is 6.07 Å². The third kappa shape index (κ3) is 1.15. The Hall–Kier alpha value is -2.16. The molecule has 0 radical (unpaired) electrons. The van der Waals surface area contributed by atoms with Gasteiger partial charge < -0.3 is 4.98 Å². The van der Waals surface area contributed by atoms with Crippen LogP contribution in [0.5, 0.6) is 0 Å². The molecule has 0 aromatic carbocycles. The quantitative estimate of drug-likeness (QED) is 0.472. The molecule has 0 spiro atoms. The number of hydrogen-bond acceptors (Lipinski definition) is 4. The van der Waals surface area contributed by atoms with E-state index >= 15 is 0 Å². The van der Waals surface area contributed by atoms with Crippen LogP contribution in [0.1, 0.15) is 5.56 Å². The third-order valence-corrected chi connectivity index (χ3v) is 1.24. The van der Waals surface area contributed by atoms with Crippen LogP contribution in [0.3, 0.4) is 0 Å². The molecule has 1 aromatic rings.